The van der Waals surface area contributed by atoms with Crippen molar-refractivity contribution >= 4 is 17.5 Å². The highest BCUT2D eigenvalue weighted by Crippen LogP contribution is 2.63. The summed E-state index contributed by atoms with van der Waals surface area (Å²) in [4.78, 5) is 46.2. The lowest BCUT2D eigenvalue weighted by Crippen LogP contribution is -2.63. The molecule has 4 saturated carbocycles. The molecule has 2 unspecified atom stereocenters. The Balaban J connectivity index is 1.33. The number of amides is 1. The molecule has 1 heterocycles. The van der Waals surface area contributed by atoms with Gasteiger partial charge in [0.1, 0.15) is 18.1 Å². The Morgan fingerprint density at radius 3 is 2.59 bits per heavy atom. The maximum absolute atomic E-state index is 13.3. The highest BCUT2D eigenvalue weighted by atomic mass is 16.5. The standard InChI is InChI=1S/C27H31N3O4/c1-17-13-28-14-23(29-17)24(32)12-26-8-19-6-20(9-26)11-27(10-19,16-26)30-25(33)21-4-3-5-22(7-21)34-15-18(2)31/h3-5,7,13-14,19-20H,6,8-12,15-16H2,1-2H3,(H,30,33). The fraction of sp³-hybridized carbons (Fsp3) is 0.519. The second-order valence-electron chi connectivity index (χ2n) is 10.9. The minimum absolute atomic E-state index is 0.0137. The number of aromatic nitrogens is 2. The van der Waals surface area contributed by atoms with Gasteiger partial charge < -0.3 is 10.1 Å². The summed E-state index contributed by atoms with van der Waals surface area (Å²) < 4.78 is 5.48. The Hall–Kier alpha value is -3.09. The van der Waals surface area contributed by atoms with Gasteiger partial charge in [-0.25, -0.2) is 4.98 Å². The van der Waals surface area contributed by atoms with Crippen molar-refractivity contribution in [3.8, 4) is 5.75 Å². The second-order valence-corrected chi connectivity index (χ2v) is 10.9. The molecule has 7 heteroatoms. The van der Waals surface area contributed by atoms with E-state index in [0.29, 0.717) is 35.3 Å². The number of ether oxygens (including phenoxy) is 1. The summed E-state index contributed by atoms with van der Waals surface area (Å²) in [6, 6.07) is 6.98. The van der Waals surface area contributed by atoms with Crippen LogP contribution in [0.3, 0.4) is 0 Å². The molecule has 0 radical (unpaired) electrons. The van der Waals surface area contributed by atoms with Crippen LogP contribution in [0, 0.1) is 24.2 Å². The third-order valence-corrected chi connectivity index (χ3v) is 7.68. The zero-order chi connectivity index (χ0) is 23.9. The summed E-state index contributed by atoms with van der Waals surface area (Å²) in [5.74, 6) is 1.43. The molecule has 4 aliphatic carbocycles. The van der Waals surface area contributed by atoms with Gasteiger partial charge in [-0.05, 0) is 87.8 Å². The molecule has 7 nitrogen and oxygen atoms in total. The second kappa shape index (κ2) is 8.60. The van der Waals surface area contributed by atoms with E-state index < -0.39 is 0 Å². The molecule has 178 valence electrons. The molecule has 4 bridgehead atoms. The molecule has 0 aliphatic heterocycles. The molecule has 1 amide bonds. The third kappa shape index (κ3) is 4.61. The van der Waals surface area contributed by atoms with Crippen molar-refractivity contribution in [2.75, 3.05) is 6.61 Å². The van der Waals surface area contributed by atoms with Crippen LogP contribution in [0.15, 0.2) is 36.7 Å². The molecule has 4 aliphatic rings. The van der Waals surface area contributed by atoms with Crippen LogP contribution in [0.4, 0.5) is 0 Å². The number of benzene rings is 1. The van der Waals surface area contributed by atoms with Gasteiger partial charge in [0, 0.05) is 23.7 Å². The molecule has 0 spiro atoms. The van der Waals surface area contributed by atoms with Crippen LogP contribution in [0.2, 0.25) is 0 Å². The van der Waals surface area contributed by atoms with E-state index in [1.54, 1.807) is 36.7 Å². The van der Waals surface area contributed by atoms with Crippen LogP contribution in [0.5, 0.6) is 5.75 Å². The quantitative estimate of drug-likeness (QED) is 0.595. The van der Waals surface area contributed by atoms with Crippen molar-refractivity contribution in [1.82, 2.24) is 15.3 Å². The van der Waals surface area contributed by atoms with Gasteiger partial charge in [-0.15, -0.1) is 0 Å². The number of nitrogens with zero attached hydrogens (tertiary/aromatic N) is 2. The number of rotatable bonds is 8. The molecule has 4 fully saturated rings. The van der Waals surface area contributed by atoms with Gasteiger partial charge in [-0.2, -0.15) is 0 Å². The summed E-state index contributed by atoms with van der Waals surface area (Å²) in [5, 5.41) is 3.38. The maximum atomic E-state index is 13.3. The molecule has 2 atom stereocenters. The number of carbonyl (C=O) groups is 3. The number of nitrogens with one attached hydrogen (secondary N) is 1. The summed E-state index contributed by atoms with van der Waals surface area (Å²) in [6.45, 7) is 3.30. The molecule has 6 rings (SSSR count). The predicted octanol–water partition coefficient (Wildman–Crippen LogP) is 4.09. The van der Waals surface area contributed by atoms with Crippen molar-refractivity contribution < 1.29 is 19.1 Å². The fourth-order valence-electron chi connectivity index (χ4n) is 7.06. The number of hydrogen-bond donors (Lipinski definition) is 1. The molecule has 1 aromatic heterocycles. The van der Waals surface area contributed by atoms with E-state index in [9.17, 15) is 14.4 Å². The topological polar surface area (TPSA) is 98.2 Å². The van der Waals surface area contributed by atoms with Crippen LogP contribution in [-0.2, 0) is 4.79 Å². The van der Waals surface area contributed by atoms with Crippen molar-refractivity contribution in [3.05, 3.63) is 53.6 Å². The SMILES string of the molecule is CC(=O)COc1cccc(C(=O)NC23CC4CC(CC(CC(=O)c5cncc(C)n5)(C4)C2)C3)c1. The van der Waals surface area contributed by atoms with Gasteiger partial charge in [0.25, 0.3) is 5.91 Å². The monoisotopic (exact) mass is 461 g/mol. The van der Waals surface area contributed by atoms with Gasteiger partial charge in [-0.1, -0.05) is 6.07 Å². The highest BCUT2D eigenvalue weighted by molar-refractivity contribution is 5.95. The smallest absolute Gasteiger partial charge is 0.251 e. The summed E-state index contributed by atoms with van der Waals surface area (Å²) in [6.07, 6.45) is 9.72. The van der Waals surface area contributed by atoms with Gasteiger partial charge in [0.2, 0.25) is 0 Å². The average molecular weight is 462 g/mol. The first kappa shape index (κ1) is 22.7. The third-order valence-electron chi connectivity index (χ3n) is 7.68. The zero-order valence-corrected chi connectivity index (χ0v) is 19.8. The molecule has 1 N–H and O–H groups in total. The van der Waals surface area contributed by atoms with Crippen LogP contribution in [0.1, 0.15) is 78.4 Å². The number of carbonyl (C=O) groups excluding carboxylic acids is 3. The summed E-state index contributed by atoms with van der Waals surface area (Å²) >= 11 is 0. The normalized spacial score (nSPS) is 29.0. The first-order valence-corrected chi connectivity index (χ1v) is 12.1. The predicted molar refractivity (Wildman–Crippen MR) is 126 cm³/mol. The number of aryl methyl sites for hydroxylation is 1. The highest BCUT2D eigenvalue weighted by Gasteiger charge is 2.58. The number of Topliss-reactive ketones (excluding diaryl/α,β-unsaturated/α-hetero) is 2. The number of hydrogen-bond acceptors (Lipinski definition) is 6. The molecular weight excluding hydrogens is 430 g/mol. The lowest BCUT2D eigenvalue weighted by Gasteiger charge is -2.62. The lowest BCUT2D eigenvalue weighted by molar-refractivity contribution is -0.118. The van der Waals surface area contributed by atoms with E-state index in [-0.39, 0.29) is 35.0 Å². The van der Waals surface area contributed by atoms with Crippen molar-refractivity contribution in [3.63, 3.8) is 0 Å². The van der Waals surface area contributed by atoms with E-state index in [0.717, 1.165) is 37.8 Å². The van der Waals surface area contributed by atoms with Gasteiger partial charge in [0.05, 0.1) is 11.9 Å². The summed E-state index contributed by atoms with van der Waals surface area (Å²) in [7, 11) is 0. The Bertz CT molecular complexity index is 1130. The van der Waals surface area contributed by atoms with Crippen molar-refractivity contribution in [1.29, 1.82) is 0 Å². The molecule has 34 heavy (non-hydrogen) atoms. The number of ketones is 2. The molecular formula is C27H31N3O4. The van der Waals surface area contributed by atoms with Crippen LogP contribution in [0.25, 0.3) is 0 Å². The minimum Gasteiger partial charge on any atom is -0.486 e. The first-order valence-electron chi connectivity index (χ1n) is 12.1. The molecule has 0 saturated heterocycles. The Kier molecular flexibility index (Phi) is 5.74. The van der Waals surface area contributed by atoms with Gasteiger partial charge in [-0.3, -0.25) is 19.4 Å². The Labute approximate surface area is 199 Å². The summed E-state index contributed by atoms with van der Waals surface area (Å²) in [5.41, 5.74) is 1.34. The van der Waals surface area contributed by atoms with Crippen molar-refractivity contribution in [2.45, 2.75) is 64.3 Å². The van der Waals surface area contributed by atoms with E-state index >= 15 is 0 Å². The van der Waals surface area contributed by atoms with E-state index in [1.165, 1.54) is 13.3 Å². The van der Waals surface area contributed by atoms with E-state index in [4.69, 9.17) is 4.74 Å². The zero-order valence-electron chi connectivity index (χ0n) is 19.8. The Morgan fingerprint density at radius 2 is 1.88 bits per heavy atom. The lowest BCUT2D eigenvalue weighted by atomic mass is 9.46. The maximum Gasteiger partial charge on any atom is 0.251 e. The van der Waals surface area contributed by atoms with Crippen LogP contribution >= 0.6 is 0 Å². The minimum atomic E-state index is -0.282. The average Bonchev–Trinajstić information content (AvgIpc) is 2.76. The van der Waals surface area contributed by atoms with Gasteiger partial charge >= 0.3 is 0 Å². The van der Waals surface area contributed by atoms with E-state index in [1.807, 2.05) is 6.92 Å². The molecule has 1 aromatic carbocycles. The fourth-order valence-corrected chi connectivity index (χ4v) is 7.06. The van der Waals surface area contributed by atoms with Gasteiger partial charge in [0.15, 0.2) is 11.6 Å². The molecule has 2 aromatic rings. The Morgan fingerprint density at radius 1 is 1.12 bits per heavy atom. The van der Waals surface area contributed by atoms with Crippen molar-refractivity contribution in [2.24, 2.45) is 17.3 Å². The van der Waals surface area contributed by atoms with Crippen LogP contribution < -0.4 is 10.1 Å². The first-order chi connectivity index (χ1) is 16.2. The van der Waals surface area contributed by atoms with Crippen LogP contribution in [-0.4, -0.2) is 39.6 Å². The largest absolute Gasteiger partial charge is 0.486 e. The van der Waals surface area contributed by atoms with E-state index in [2.05, 4.69) is 15.3 Å².